The molecule has 0 radical (unpaired) electrons. The maximum absolute atomic E-state index is 12.7. The summed E-state index contributed by atoms with van der Waals surface area (Å²) in [6, 6.07) is 12.9. The van der Waals surface area contributed by atoms with Crippen molar-refractivity contribution in [1.82, 2.24) is 0 Å². The molecule has 0 fully saturated rings. The fourth-order valence-electron chi connectivity index (χ4n) is 1.40. The highest BCUT2D eigenvalue weighted by molar-refractivity contribution is 8.00. The summed E-state index contributed by atoms with van der Waals surface area (Å²) in [5.41, 5.74) is 0.526. The monoisotopic (exact) mass is 280 g/mol. The van der Waals surface area contributed by atoms with E-state index in [0.717, 1.165) is 4.90 Å². The third-order valence-corrected chi connectivity index (χ3v) is 3.61. The molecule has 1 nitrogen and oxygen atoms in total. The molecule has 0 heterocycles. The van der Waals surface area contributed by atoms with Gasteiger partial charge in [-0.3, -0.25) is 4.79 Å². The summed E-state index contributed by atoms with van der Waals surface area (Å²) in [5, 5.41) is 0.671. The smallest absolute Gasteiger partial charge is 0.173 e. The zero-order valence-corrected chi connectivity index (χ0v) is 11.0. The third-order valence-electron chi connectivity index (χ3n) is 2.35. The summed E-state index contributed by atoms with van der Waals surface area (Å²) in [7, 11) is 0. The van der Waals surface area contributed by atoms with Crippen LogP contribution in [0.4, 0.5) is 4.39 Å². The lowest BCUT2D eigenvalue weighted by atomic mass is 10.1. The molecule has 0 aliphatic carbocycles. The van der Waals surface area contributed by atoms with E-state index in [4.69, 9.17) is 11.6 Å². The van der Waals surface area contributed by atoms with E-state index < -0.39 is 0 Å². The van der Waals surface area contributed by atoms with Crippen LogP contribution in [0, 0.1) is 5.82 Å². The Kier molecular flexibility index (Phi) is 4.39. The van der Waals surface area contributed by atoms with Crippen molar-refractivity contribution in [3.05, 3.63) is 64.9 Å². The van der Waals surface area contributed by atoms with E-state index >= 15 is 0 Å². The summed E-state index contributed by atoms with van der Waals surface area (Å²) in [6.45, 7) is 0. The maximum atomic E-state index is 12.7. The summed E-state index contributed by atoms with van der Waals surface area (Å²) in [4.78, 5) is 12.8. The normalized spacial score (nSPS) is 10.3. The second kappa shape index (κ2) is 6.03. The first-order chi connectivity index (χ1) is 8.65. The Labute approximate surface area is 114 Å². The molecule has 0 aliphatic rings. The molecule has 0 aliphatic heterocycles. The van der Waals surface area contributed by atoms with Crippen molar-refractivity contribution in [3.8, 4) is 0 Å². The van der Waals surface area contributed by atoms with Crippen LogP contribution in [0.15, 0.2) is 53.4 Å². The highest BCUT2D eigenvalue weighted by Gasteiger charge is 2.06. The van der Waals surface area contributed by atoms with Crippen LogP contribution in [0.1, 0.15) is 10.4 Å². The minimum Gasteiger partial charge on any atom is -0.293 e. The minimum atomic E-state index is -0.336. The number of Topliss-reactive ketones (excluding diaryl/α,β-unsaturated/α-hetero) is 1. The molecular formula is C14H10ClFOS. The van der Waals surface area contributed by atoms with Crippen LogP contribution in [0.3, 0.4) is 0 Å². The number of ketones is 1. The summed E-state index contributed by atoms with van der Waals surface area (Å²) in [5.74, 6) is -0.0281. The molecule has 92 valence electrons. The van der Waals surface area contributed by atoms with Gasteiger partial charge >= 0.3 is 0 Å². The van der Waals surface area contributed by atoms with Gasteiger partial charge in [-0.05, 0) is 48.5 Å². The highest BCUT2D eigenvalue weighted by atomic mass is 35.5. The van der Waals surface area contributed by atoms with Crippen LogP contribution < -0.4 is 0 Å². The van der Waals surface area contributed by atoms with Gasteiger partial charge in [-0.2, -0.15) is 0 Å². The third kappa shape index (κ3) is 3.59. The maximum Gasteiger partial charge on any atom is 0.173 e. The van der Waals surface area contributed by atoms with Crippen molar-refractivity contribution >= 4 is 29.1 Å². The molecule has 0 spiro atoms. The Morgan fingerprint density at radius 1 is 1.06 bits per heavy atom. The van der Waals surface area contributed by atoms with Crippen LogP contribution in [0.5, 0.6) is 0 Å². The lowest BCUT2D eigenvalue weighted by Crippen LogP contribution is -2.02. The largest absolute Gasteiger partial charge is 0.293 e. The van der Waals surface area contributed by atoms with Crippen LogP contribution in [0.2, 0.25) is 5.02 Å². The van der Waals surface area contributed by atoms with Crippen molar-refractivity contribution in [3.63, 3.8) is 0 Å². The molecule has 0 saturated carbocycles. The Morgan fingerprint density at radius 3 is 2.28 bits per heavy atom. The van der Waals surface area contributed by atoms with Crippen molar-refractivity contribution in [2.75, 3.05) is 5.75 Å². The van der Waals surface area contributed by atoms with E-state index in [9.17, 15) is 9.18 Å². The lowest BCUT2D eigenvalue weighted by molar-refractivity contribution is 0.102. The van der Waals surface area contributed by atoms with Gasteiger partial charge in [0.2, 0.25) is 0 Å². The second-order valence-corrected chi connectivity index (χ2v) is 5.16. The molecule has 0 amide bonds. The first-order valence-electron chi connectivity index (χ1n) is 5.32. The predicted octanol–water partition coefficient (Wildman–Crippen LogP) is 4.45. The van der Waals surface area contributed by atoms with Gasteiger partial charge in [0, 0.05) is 15.5 Å². The predicted molar refractivity (Wildman–Crippen MR) is 72.9 cm³/mol. The fourth-order valence-corrected chi connectivity index (χ4v) is 2.32. The van der Waals surface area contributed by atoms with Crippen molar-refractivity contribution in [1.29, 1.82) is 0 Å². The van der Waals surface area contributed by atoms with Crippen molar-refractivity contribution in [2.24, 2.45) is 0 Å². The van der Waals surface area contributed by atoms with Gasteiger partial charge in [0.15, 0.2) is 5.78 Å². The van der Waals surface area contributed by atoms with Gasteiger partial charge in [0.25, 0.3) is 0 Å². The number of hydrogen-bond donors (Lipinski definition) is 0. The fraction of sp³-hybridized carbons (Fsp3) is 0.0714. The van der Waals surface area contributed by atoms with Crippen molar-refractivity contribution in [2.45, 2.75) is 4.90 Å². The molecule has 2 aromatic rings. The average Bonchev–Trinajstić information content (AvgIpc) is 2.38. The average molecular weight is 281 g/mol. The number of carbonyl (C=O) groups excluding carboxylic acids is 1. The molecule has 4 heteroatoms. The number of hydrogen-bond acceptors (Lipinski definition) is 2. The van der Waals surface area contributed by atoms with Gasteiger partial charge in [-0.1, -0.05) is 11.6 Å². The van der Waals surface area contributed by atoms with Gasteiger partial charge in [-0.25, -0.2) is 4.39 Å². The molecule has 0 N–H and O–H groups in total. The number of benzene rings is 2. The van der Waals surface area contributed by atoms with Gasteiger partial charge in [0.05, 0.1) is 5.75 Å². The molecule has 2 rings (SSSR count). The Morgan fingerprint density at radius 2 is 1.67 bits per heavy atom. The Hall–Kier alpha value is -1.32. The molecular weight excluding hydrogens is 271 g/mol. The van der Waals surface area contributed by atoms with Gasteiger partial charge < -0.3 is 0 Å². The van der Waals surface area contributed by atoms with Crippen LogP contribution in [0.25, 0.3) is 0 Å². The van der Waals surface area contributed by atoms with E-state index in [1.807, 2.05) is 12.1 Å². The van der Waals surface area contributed by atoms with Crippen molar-refractivity contribution < 1.29 is 9.18 Å². The zero-order chi connectivity index (χ0) is 13.0. The van der Waals surface area contributed by atoms with Crippen LogP contribution in [-0.2, 0) is 0 Å². The van der Waals surface area contributed by atoms with Crippen LogP contribution in [-0.4, -0.2) is 11.5 Å². The summed E-state index contributed by atoms with van der Waals surface area (Å²) < 4.78 is 12.7. The minimum absolute atomic E-state index is 0.0186. The SMILES string of the molecule is O=C(CSc1ccc(Cl)cc1)c1ccc(F)cc1. The molecule has 0 bridgehead atoms. The Bertz CT molecular complexity index is 537. The van der Waals surface area contributed by atoms with E-state index in [1.54, 1.807) is 12.1 Å². The first kappa shape index (κ1) is 13.1. The summed E-state index contributed by atoms with van der Waals surface area (Å²) >= 11 is 7.21. The molecule has 2 aromatic carbocycles. The zero-order valence-electron chi connectivity index (χ0n) is 9.40. The topological polar surface area (TPSA) is 17.1 Å². The van der Waals surface area contributed by atoms with E-state index in [1.165, 1.54) is 36.0 Å². The first-order valence-corrected chi connectivity index (χ1v) is 6.68. The summed E-state index contributed by atoms with van der Waals surface area (Å²) in [6.07, 6.45) is 0. The Balaban J connectivity index is 1.96. The standard InChI is InChI=1S/C14H10ClFOS/c15-11-3-7-13(8-4-11)18-9-14(17)10-1-5-12(16)6-2-10/h1-8H,9H2. The van der Waals surface area contributed by atoms with Crippen LogP contribution >= 0.6 is 23.4 Å². The number of carbonyl (C=O) groups is 1. The quantitative estimate of drug-likeness (QED) is 0.608. The lowest BCUT2D eigenvalue weighted by Gasteiger charge is -2.02. The number of rotatable bonds is 4. The molecule has 18 heavy (non-hydrogen) atoms. The number of halogens is 2. The molecule has 0 aromatic heterocycles. The molecule has 0 unspecified atom stereocenters. The van der Waals surface area contributed by atoms with E-state index in [-0.39, 0.29) is 11.6 Å². The van der Waals surface area contributed by atoms with E-state index in [0.29, 0.717) is 16.3 Å². The number of thioether (sulfide) groups is 1. The second-order valence-electron chi connectivity index (χ2n) is 3.67. The van der Waals surface area contributed by atoms with Gasteiger partial charge in [0.1, 0.15) is 5.82 Å². The highest BCUT2D eigenvalue weighted by Crippen LogP contribution is 2.21. The van der Waals surface area contributed by atoms with Gasteiger partial charge in [-0.15, -0.1) is 11.8 Å². The molecule has 0 atom stereocenters. The van der Waals surface area contributed by atoms with E-state index in [2.05, 4.69) is 0 Å². The molecule has 0 saturated heterocycles.